The molecule has 9 heteroatoms. The van der Waals surface area contributed by atoms with Crippen LogP contribution in [0, 0.1) is 6.92 Å². The van der Waals surface area contributed by atoms with Crippen molar-refractivity contribution in [2.24, 2.45) is 5.10 Å². The minimum atomic E-state index is -4.99. The van der Waals surface area contributed by atoms with Gasteiger partial charge in [0.05, 0.1) is 6.20 Å². The molecule has 110 valence electrons. The maximum absolute atomic E-state index is 12.9. The third-order valence-electron chi connectivity index (χ3n) is 3.07. The van der Waals surface area contributed by atoms with Gasteiger partial charge in [0.2, 0.25) is 0 Å². The molecule has 2 atom stereocenters. The largest absolute Gasteiger partial charge is 0.438 e. The lowest BCUT2D eigenvalue weighted by Gasteiger charge is -2.33. The maximum Gasteiger partial charge on any atom is 0.438 e. The molecule has 0 saturated heterocycles. The molecule has 6 nitrogen and oxygen atoms in total. The van der Waals surface area contributed by atoms with Crippen LogP contribution in [-0.4, -0.2) is 43.9 Å². The van der Waals surface area contributed by atoms with E-state index in [1.54, 1.807) is 6.92 Å². The van der Waals surface area contributed by atoms with Crippen LogP contribution in [-0.2, 0) is 4.79 Å². The zero-order chi connectivity index (χ0) is 15.1. The van der Waals surface area contributed by atoms with Crippen molar-refractivity contribution in [1.82, 2.24) is 14.8 Å². The Labute approximate surface area is 112 Å². The quantitative estimate of drug-likeness (QED) is 0.890. The highest BCUT2D eigenvalue weighted by molar-refractivity contribution is 5.83. The normalized spacial score (nSPS) is 24.2. The summed E-state index contributed by atoms with van der Waals surface area (Å²) >= 11 is 0. The Bertz CT molecular complexity index is 554. The van der Waals surface area contributed by atoms with Crippen molar-refractivity contribution in [2.45, 2.75) is 38.2 Å². The summed E-state index contributed by atoms with van der Waals surface area (Å²) in [6.07, 6.45) is -1.90. The highest BCUT2D eigenvalue weighted by atomic mass is 19.4. The molecule has 0 aliphatic carbocycles. The molecule has 1 amide bonds. The zero-order valence-electron chi connectivity index (χ0n) is 10.8. The molecule has 20 heavy (non-hydrogen) atoms. The van der Waals surface area contributed by atoms with Gasteiger partial charge in [-0.05, 0) is 19.4 Å². The number of nitrogens with zero attached hydrogens (tertiary/aromatic N) is 4. The van der Waals surface area contributed by atoms with Crippen molar-refractivity contribution in [3.8, 4) is 0 Å². The summed E-state index contributed by atoms with van der Waals surface area (Å²) in [4.78, 5) is 12.1. The topological polar surface area (TPSA) is 70.7 Å². The van der Waals surface area contributed by atoms with E-state index in [2.05, 4.69) is 10.2 Å². The third kappa shape index (κ3) is 2.17. The fourth-order valence-electron chi connectivity index (χ4n) is 1.84. The van der Waals surface area contributed by atoms with Crippen LogP contribution in [0.2, 0.25) is 0 Å². The van der Waals surface area contributed by atoms with E-state index in [4.69, 9.17) is 0 Å². The van der Waals surface area contributed by atoms with Crippen molar-refractivity contribution in [3.05, 3.63) is 18.0 Å². The van der Waals surface area contributed by atoms with Crippen LogP contribution in [0.4, 0.5) is 13.2 Å². The fraction of sp³-hybridized carbons (Fsp3) is 0.545. The Morgan fingerprint density at radius 1 is 1.55 bits per heavy atom. The summed E-state index contributed by atoms with van der Waals surface area (Å²) in [5.41, 5.74) is -2.53. The van der Waals surface area contributed by atoms with Gasteiger partial charge in [-0.3, -0.25) is 9.48 Å². The summed E-state index contributed by atoms with van der Waals surface area (Å²) in [5, 5.41) is 17.0. The third-order valence-corrected chi connectivity index (χ3v) is 3.07. The standard InChI is InChI=1S/C11H13F3N4O2/c1-7-5-16-17(6-7)8(2)9(19)18-10(20,3-4-15-18)11(12,13)14/h4-6,8,20H,3H2,1-2H3/t8-,10+/m0/s1. The Morgan fingerprint density at radius 3 is 2.70 bits per heavy atom. The number of aliphatic hydroxyl groups is 1. The second-order valence-electron chi connectivity index (χ2n) is 4.64. The van der Waals surface area contributed by atoms with Crippen molar-refractivity contribution in [3.63, 3.8) is 0 Å². The lowest BCUT2D eigenvalue weighted by atomic mass is 10.1. The Balaban J connectivity index is 2.26. The Kier molecular flexibility index (Phi) is 3.32. The van der Waals surface area contributed by atoms with Crippen molar-refractivity contribution < 1.29 is 23.1 Å². The van der Waals surface area contributed by atoms with Crippen LogP contribution < -0.4 is 0 Å². The van der Waals surface area contributed by atoms with Gasteiger partial charge in [-0.1, -0.05) is 0 Å². The summed E-state index contributed by atoms with van der Waals surface area (Å²) in [5.74, 6) is -0.985. The number of amides is 1. The summed E-state index contributed by atoms with van der Waals surface area (Å²) in [7, 11) is 0. The zero-order valence-corrected chi connectivity index (χ0v) is 10.8. The number of aryl methyl sites for hydroxylation is 1. The van der Waals surface area contributed by atoms with Gasteiger partial charge in [0.15, 0.2) is 0 Å². The second-order valence-corrected chi connectivity index (χ2v) is 4.64. The molecule has 2 rings (SSSR count). The van der Waals surface area contributed by atoms with Gasteiger partial charge in [0, 0.05) is 18.8 Å². The summed E-state index contributed by atoms with van der Waals surface area (Å²) < 4.78 is 39.9. The van der Waals surface area contributed by atoms with Crippen LogP contribution in [0.15, 0.2) is 17.5 Å². The van der Waals surface area contributed by atoms with Crippen LogP contribution >= 0.6 is 0 Å². The predicted octanol–water partition coefficient (Wildman–Crippen LogP) is 1.22. The first-order chi connectivity index (χ1) is 9.17. The van der Waals surface area contributed by atoms with E-state index in [9.17, 15) is 23.1 Å². The highest BCUT2D eigenvalue weighted by Gasteiger charge is 2.62. The molecule has 0 unspecified atom stereocenters. The molecular formula is C11H13F3N4O2. The van der Waals surface area contributed by atoms with E-state index >= 15 is 0 Å². The number of carbonyl (C=O) groups excluding carboxylic acids is 1. The lowest BCUT2D eigenvalue weighted by molar-refractivity contribution is -0.302. The van der Waals surface area contributed by atoms with Crippen LogP contribution in [0.1, 0.15) is 24.9 Å². The molecular weight excluding hydrogens is 277 g/mol. The lowest BCUT2D eigenvalue weighted by Crippen LogP contribution is -2.57. The average molecular weight is 290 g/mol. The van der Waals surface area contributed by atoms with Gasteiger partial charge in [-0.15, -0.1) is 0 Å². The monoisotopic (exact) mass is 290 g/mol. The SMILES string of the molecule is Cc1cnn([C@@H](C)C(=O)N2N=CC[C@@]2(O)C(F)(F)F)c1. The number of halogens is 3. The molecule has 1 N–H and O–H groups in total. The van der Waals surface area contributed by atoms with Gasteiger partial charge in [-0.2, -0.15) is 28.4 Å². The van der Waals surface area contributed by atoms with Crippen molar-refractivity contribution in [1.29, 1.82) is 0 Å². The van der Waals surface area contributed by atoms with Crippen molar-refractivity contribution >= 4 is 12.1 Å². The molecule has 0 aromatic carbocycles. The minimum absolute atomic E-state index is 0.0781. The molecule has 0 radical (unpaired) electrons. The molecule has 0 saturated carbocycles. The number of alkyl halides is 3. The molecule has 1 aromatic heterocycles. The number of aromatic nitrogens is 2. The molecule has 0 fully saturated rings. The van der Waals surface area contributed by atoms with E-state index in [1.807, 2.05) is 0 Å². The number of carbonyl (C=O) groups is 1. The molecule has 0 spiro atoms. The number of rotatable bonds is 2. The average Bonchev–Trinajstić information content (AvgIpc) is 2.93. The van der Waals surface area contributed by atoms with E-state index in [0.29, 0.717) is 0 Å². The predicted molar refractivity (Wildman–Crippen MR) is 62.6 cm³/mol. The first-order valence-electron chi connectivity index (χ1n) is 5.83. The molecule has 1 aromatic rings. The molecule has 2 heterocycles. The molecule has 1 aliphatic rings. The summed E-state index contributed by atoms with van der Waals surface area (Å²) in [6.45, 7) is 3.13. The van der Waals surface area contributed by atoms with Crippen LogP contribution in [0.5, 0.6) is 0 Å². The minimum Gasteiger partial charge on any atom is -0.362 e. The molecule has 0 bridgehead atoms. The van der Waals surface area contributed by atoms with E-state index in [-0.39, 0.29) is 5.01 Å². The Morgan fingerprint density at radius 2 is 2.20 bits per heavy atom. The number of hydrogen-bond acceptors (Lipinski definition) is 4. The van der Waals surface area contributed by atoms with Gasteiger partial charge in [0.1, 0.15) is 6.04 Å². The van der Waals surface area contributed by atoms with E-state index in [1.165, 1.54) is 24.0 Å². The van der Waals surface area contributed by atoms with Gasteiger partial charge in [0.25, 0.3) is 11.6 Å². The fourth-order valence-corrected chi connectivity index (χ4v) is 1.84. The van der Waals surface area contributed by atoms with Gasteiger partial charge >= 0.3 is 6.18 Å². The first kappa shape index (κ1) is 14.5. The Hall–Kier alpha value is -1.90. The molecule has 1 aliphatic heterocycles. The van der Waals surface area contributed by atoms with Crippen LogP contribution in [0.3, 0.4) is 0 Å². The van der Waals surface area contributed by atoms with Gasteiger partial charge < -0.3 is 5.11 Å². The van der Waals surface area contributed by atoms with E-state index < -0.39 is 30.3 Å². The maximum atomic E-state index is 12.9. The van der Waals surface area contributed by atoms with Gasteiger partial charge in [-0.25, -0.2) is 0 Å². The smallest absolute Gasteiger partial charge is 0.362 e. The van der Waals surface area contributed by atoms with Crippen molar-refractivity contribution in [2.75, 3.05) is 0 Å². The highest BCUT2D eigenvalue weighted by Crippen LogP contribution is 2.39. The summed E-state index contributed by atoms with van der Waals surface area (Å²) in [6, 6.07) is -1.01. The number of hydrogen-bond donors (Lipinski definition) is 1. The van der Waals surface area contributed by atoms with E-state index in [0.717, 1.165) is 11.8 Å². The number of hydrazone groups is 1. The van der Waals surface area contributed by atoms with Crippen LogP contribution in [0.25, 0.3) is 0 Å². The first-order valence-corrected chi connectivity index (χ1v) is 5.83. The second kappa shape index (κ2) is 4.58.